The monoisotopic (exact) mass is 581 g/mol. The van der Waals surface area contributed by atoms with Gasteiger partial charge >= 0.3 is 10.4 Å². The molecule has 0 aliphatic heterocycles. The molecule has 41 heavy (non-hydrogen) atoms. The Balaban J connectivity index is 1.29. The van der Waals surface area contributed by atoms with E-state index in [1.54, 1.807) is 55.8 Å². The van der Waals surface area contributed by atoms with Gasteiger partial charge in [-0.15, -0.1) is 0 Å². The number of rotatable bonds is 11. The Kier molecular flexibility index (Phi) is 7.37. The van der Waals surface area contributed by atoms with Gasteiger partial charge in [-0.25, -0.2) is 4.39 Å². The summed E-state index contributed by atoms with van der Waals surface area (Å²) in [6, 6.07) is 15.0. The number of nitrogens with zero attached hydrogens (tertiary/aromatic N) is 1. The average Bonchev–Trinajstić information content (AvgIpc) is 3.76. The maximum Gasteiger partial charge on any atom is 0.446 e. The molecule has 0 radical (unpaired) electrons. The standard InChI is InChI=1S/C29H24FNO9S/c1-37-25-15-20-22(16-26(25)38-2)31-12-9-23(20)39-19-6-3-17(4-7-19)13-27(32)29(10-11-29)28(33)18-5-8-24(21(30)14-18)40-41(34,35)36/h3-9,12,14-16H,10-11,13H2,1-2H3,(H,34,35,36). The molecule has 0 spiro atoms. The topological polar surface area (TPSA) is 138 Å². The number of pyridine rings is 1. The van der Waals surface area contributed by atoms with E-state index in [2.05, 4.69) is 9.17 Å². The largest absolute Gasteiger partial charge is 0.493 e. The van der Waals surface area contributed by atoms with Gasteiger partial charge in [0.25, 0.3) is 0 Å². The van der Waals surface area contributed by atoms with Gasteiger partial charge < -0.3 is 18.4 Å². The molecule has 0 atom stereocenters. The Morgan fingerprint density at radius 1 is 0.927 bits per heavy atom. The van der Waals surface area contributed by atoms with Crippen molar-refractivity contribution in [3.8, 4) is 28.7 Å². The molecule has 1 aliphatic carbocycles. The molecule has 3 aromatic carbocycles. The van der Waals surface area contributed by atoms with Crippen LogP contribution >= 0.6 is 0 Å². The number of carbonyl (C=O) groups excluding carboxylic acids is 2. The Labute approximate surface area is 234 Å². The van der Waals surface area contributed by atoms with E-state index in [-0.39, 0.29) is 17.8 Å². The highest BCUT2D eigenvalue weighted by molar-refractivity contribution is 7.81. The van der Waals surface area contributed by atoms with Crippen molar-refractivity contribution in [2.45, 2.75) is 19.3 Å². The molecule has 1 N–H and O–H groups in total. The van der Waals surface area contributed by atoms with Crippen molar-refractivity contribution >= 4 is 32.9 Å². The highest BCUT2D eigenvalue weighted by atomic mass is 32.3. The van der Waals surface area contributed by atoms with Crippen LogP contribution in [0.2, 0.25) is 0 Å². The molecule has 0 unspecified atom stereocenters. The van der Waals surface area contributed by atoms with Gasteiger partial charge in [-0.2, -0.15) is 8.42 Å². The lowest BCUT2D eigenvalue weighted by molar-refractivity contribution is -0.121. The average molecular weight is 582 g/mol. The number of hydrogen-bond donors (Lipinski definition) is 1. The smallest absolute Gasteiger partial charge is 0.446 e. The number of ether oxygens (including phenoxy) is 3. The maximum atomic E-state index is 14.3. The summed E-state index contributed by atoms with van der Waals surface area (Å²) in [5.41, 5.74) is -0.0558. The van der Waals surface area contributed by atoms with Crippen LogP contribution in [0.15, 0.2) is 66.9 Å². The fraction of sp³-hybridized carbons (Fsp3) is 0.207. The Morgan fingerprint density at radius 3 is 2.22 bits per heavy atom. The zero-order valence-corrected chi connectivity index (χ0v) is 22.7. The van der Waals surface area contributed by atoms with Gasteiger partial charge in [0, 0.05) is 29.6 Å². The summed E-state index contributed by atoms with van der Waals surface area (Å²) in [7, 11) is -1.85. The van der Waals surface area contributed by atoms with Crippen LogP contribution < -0.4 is 18.4 Å². The van der Waals surface area contributed by atoms with Gasteiger partial charge in [0.2, 0.25) is 0 Å². The molecule has 1 aromatic heterocycles. The number of fused-ring (bicyclic) bond motifs is 1. The number of methoxy groups -OCH3 is 2. The fourth-order valence-electron chi connectivity index (χ4n) is 4.55. The second kappa shape index (κ2) is 10.8. The van der Waals surface area contributed by atoms with Crippen molar-refractivity contribution in [3.63, 3.8) is 0 Å². The van der Waals surface area contributed by atoms with E-state index in [1.165, 1.54) is 7.11 Å². The third-order valence-electron chi connectivity index (χ3n) is 6.83. The van der Waals surface area contributed by atoms with E-state index in [0.717, 1.165) is 18.2 Å². The van der Waals surface area contributed by atoms with Gasteiger partial charge in [0.15, 0.2) is 34.6 Å². The van der Waals surface area contributed by atoms with Crippen LogP contribution in [-0.4, -0.2) is 43.7 Å². The summed E-state index contributed by atoms with van der Waals surface area (Å²) < 4.78 is 65.7. The van der Waals surface area contributed by atoms with Gasteiger partial charge in [-0.05, 0) is 60.9 Å². The van der Waals surface area contributed by atoms with E-state index in [0.29, 0.717) is 52.3 Å². The number of benzene rings is 3. The molecule has 12 heteroatoms. The van der Waals surface area contributed by atoms with Crippen molar-refractivity contribution in [1.29, 1.82) is 0 Å². The number of ketones is 2. The van der Waals surface area contributed by atoms with Crippen molar-refractivity contribution < 1.29 is 45.3 Å². The predicted molar refractivity (Wildman–Crippen MR) is 145 cm³/mol. The lowest BCUT2D eigenvalue weighted by atomic mass is 9.87. The van der Waals surface area contributed by atoms with Crippen molar-refractivity contribution in [1.82, 2.24) is 4.98 Å². The van der Waals surface area contributed by atoms with Gasteiger partial charge in [-0.1, -0.05) is 12.1 Å². The molecule has 0 saturated heterocycles. The second-order valence-corrected chi connectivity index (χ2v) is 10.5. The minimum atomic E-state index is -4.93. The molecule has 1 aliphatic rings. The molecular formula is C29H24FNO9S. The zero-order chi connectivity index (χ0) is 29.4. The molecule has 0 bridgehead atoms. The van der Waals surface area contributed by atoms with E-state index >= 15 is 0 Å². The summed E-state index contributed by atoms with van der Waals surface area (Å²) in [6.07, 6.45) is 2.23. The highest BCUT2D eigenvalue weighted by Crippen LogP contribution is 2.50. The highest BCUT2D eigenvalue weighted by Gasteiger charge is 2.55. The zero-order valence-electron chi connectivity index (χ0n) is 21.9. The molecular weight excluding hydrogens is 557 g/mol. The van der Waals surface area contributed by atoms with E-state index < -0.39 is 33.2 Å². The van der Waals surface area contributed by atoms with Crippen molar-refractivity contribution in [3.05, 3.63) is 83.8 Å². The lowest BCUT2D eigenvalue weighted by Crippen LogP contribution is -2.27. The third-order valence-corrected chi connectivity index (χ3v) is 7.22. The van der Waals surface area contributed by atoms with Crippen LogP contribution in [0.3, 0.4) is 0 Å². The second-order valence-electron chi connectivity index (χ2n) is 9.45. The summed E-state index contributed by atoms with van der Waals surface area (Å²) in [5.74, 6) is -0.661. The van der Waals surface area contributed by atoms with Crippen LogP contribution in [0.25, 0.3) is 10.9 Å². The van der Waals surface area contributed by atoms with Crippen molar-refractivity contribution in [2.75, 3.05) is 14.2 Å². The summed E-state index contributed by atoms with van der Waals surface area (Å²) >= 11 is 0. The Hall–Kier alpha value is -4.55. The molecule has 10 nitrogen and oxygen atoms in total. The molecule has 212 valence electrons. The normalized spacial score (nSPS) is 13.9. The molecule has 5 rings (SSSR count). The van der Waals surface area contributed by atoms with Gasteiger partial charge in [-0.3, -0.25) is 19.1 Å². The van der Waals surface area contributed by atoms with Crippen LogP contribution in [0.1, 0.15) is 28.8 Å². The first kappa shape index (κ1) is 28.0. The molecule has 1 fully saturated rings. The van der Waals surface area contributed by atoms with Crippen LogP contribution in [0.4, 0.5) is 4.39 Å². The lowest BCUT2D eigenvalue weighted by Gasteiger charge is -2.14. The third kappa shape index (κ3) is 5.83. The quantitative estimate of drug-likeness (QED) is 0.144. The Bertz CT molecular complexity index is 1770. The molecule has 1 saturated carbocycles. The number of hydrogen-bond acceptors (Lipinski definition) is 9. The van der Waals surface area contributed by atoms with E-state index in [9.17, 15) is 22.4 Å². The summed E-state index contributed by atoms with van der Waals surface area (Å²) in [6.45, 7) is 0. The van der Waals surface area contributed by atoms with E-state index in [1.807, 2.05) is 0 Å². The Morgan fingerprint density at radius 2 is 1.61 bits per heavy atom. The van der Waals surface area contributed by atoms with Crippen LogP contribution in [0.5, 0.6) is 28.7 Å². The summed E-state index contributed by atoms with van der Waals surface area (Å²) in [5, 5.41) is 0.715. The number of Topliss-reactive ketones (excluding diaryl/α,β-unsaturated/α-hetero) is 2. The fourth-order valence-corrected chi connectivity index (χ4v) is 4.91. The molecule has 1 heterocycles. The predicted octanol–water partition coefficient (Wildman–Crippen LogP) is 5.14. The first-order valence-corrected chi connectivity index (χ1v) is 13.7. The first-order chi connectivity index (χ1) is 19.5. The molecule has 0 amide bonds. The van der Waals surface area contributed by atoms with Crippen LogP contribution in [-0.2, 0) is 21.6 Å². The van der Waals surface area contributed by atoms with Gasteiger partial charge in [0.05, 0.1) is 25.2 Å². The SMILES string of the molecule is COc1cc2nccc(Oc3ccc(CC(=O)C4(C(=O)c5ccc(OS(=O)(=O)O)c(F)c5)CC4)cc3)c2cc1OC. The minimum absolute atomic E-state index is 0.0202. The number of aromatic nitrogens is 1. The number of carbonyl (C=O) groups is 2. The first-order valence-electron chi connectivity index (χ1n) is 12.3. The number of halogens is 1. The van der Waals surface area contributed by atoms with Gasteiger partial charge in [0.1, 0.15) is 11.5 Å². The van der Waals surface area contributed by atoms with Crippen molar-refractivity contribution in [2.24, 2.45) is 5.41 Å². The van der Waals surface area contributed by atoms with E-state index in [4.69, 9.17) is 18.8 Å². The maximum absolute atomic E-state index is 14.3. The minimum Gasteiger partial charge on any atom is -0.493 e. The van der Waals surface area contributed by atoms with Crippen LogP contribution in [0, 0.1) is 11.2 Å². The molecule has 4 aromatic rings. The summed E-state index contributed by atoms with van der Waals surface area (Å²) in [4.78, 5) is 30.7.